The number of nitrogens with two attached hydrogens (primary N) is 1. The van der Waals surface area contributed by atoms with Crippen LogP contribution in [0.4, 0.5) is 0 Å². The van der Waals surface area contributed by atoms with Gasteiger partial charge in [0, 0.05) is 0 Å². The molecular formula is C11H23N. The third kappa shape index (κ3) is 6.41. The van der Waals surface area contributed by atoms with Crippen LogP contribution in [0.25, 0.3) is 0 Å². The van der Waals surface area contributed by atoms with Gasteiger partial charge in [-0.15, -0.1) is 0 Å². The SMILES string of the molecule is CCCC/C(=C\CCCN)CC. The molecule has 0 atom stereocenters. The van der Waals surface area contributed by atoms with E-state index in [0.717, 1.165) is 13.0 Å². The van der Waals surface area contributed by atoms with E-state index in [9.17, 15) is 0 Å². The summed E-state index contributed by atoms with van der Waals surface area (Å²) < 4.78 is 0. The van der Waals surface area contributed by atoms with E-state index in [1.54, 1.807) is 5.57 Å². The van der Waals surface area contributed by atoms with Crippen LogP contribution in [0.1, 0.15) is 52.4 Å². The molecule has 0 amide bonds. The Balaban J connectivity index is 3.55. The molecular weight excluding hydrogens is 146 g/mol. The van der Waals surface area contributed by atoms with Gasteiger partial charge in [-0.3, -0.25) is 0 Å². The quantitative estimate of drug-likeness (QED) is 0.459. The Morgan fingerprint density at radius 3 is 2.50 bits per heavy atom. The zero-order chi connectivity index (χ0) is 9.23. The number of hydrogen-bond acceptors (Lipinski definition) is 1. The van der Waals surface area contributed by atoms with Crippen molar-refractivity contribution in [2.75, 3.05) is 6.54 Å². The highest BCUT2D eigenvalue weighted by molar-refractivity contribution is 5.00. The van der Waals surface area contributed by atoms with Gasteiger partial charge in [-0.2, -0.15) is 0 Å². The second kappa shape index (κ2) is 8.79. The van der Waals surface area contributed by atoms with Crippen LogP contribution in [-0.4, -0.2) is 6.54 Å². The van der Waals surface area contributed by atoms with Crippen LogP contribution in [0.3, 0.4) is 0 Å². The smallest absolute Gasteiger partial charge is 0.00743 e. The van der Waals surface area contributed by atoms with E-state index in [4.69, 9.17) is 5.73 Å². The van der Waals surface area contributed by atoms with E-state index in [0.29, 0.717) is 0 Å². The summed E-state index contributed by atoms with van der Waals surface area (Å²) in [5.74, 6) is 0. The van der Waals surface area contributed by atoms with Gasteiger partial charge in [0.05, 0.1) is 0 Å². The number of allylic oxidation sites excluding steroid dienone is 2. The Bertz CT molecular complexity index is 116. The van der Waals surface area contributed by atoms with Crippen molar-refractivity contribution in [3.8, 4) is 0 Å². The fourth-order valence-electron chi connectivity index (χ4n) is 1.25. The van der Waals surface area contributed by atoms with E-state index >= 15 is 0 Å². The summed E-state index contributed by atoms with van der Waals surface area (Å²) in [6.07, 6.45) is 9.82. The summed E-state index contributed by atoms with van der Waals surface area (Å²) in [4.78, 5) is 0. The van der Waals surface area contributed by atoms with Crippen LogP contribution in [-0.2, 0) is 0 Å². The molecule has 0 bridgehead atoms. The molecule has 0 unspecified atom stereocenters. The predicted octanol–water partition coefficient (Wildman–Crippen LogP) is 3.25. The van der Waals surface area contributed by atoms with E-state index in [-0.39, 0.29) is 0 Å². The lowest BCUT2D eigenvalue weighted by Gasteiger charge is -2.02. The largest absolute Gasteiger partial charge is 0.330 e. The van der Waals surface area contributed by atoms with Crippen LogP contribution >= 0.6 is 0 Å². The highest BCUT2D eigenvalue weighted by Gasteiger charge is 1.92. The predicted molar refractivity (Wildman–Crippen MR) is 56.2 cm³/mol. The summed E-state index contributed by atoms with van der Waals surface area (Å²) in [7, 11) is 0. The molecule has 0 aliphatic heterocycles. The Morgan fingerprint density at radius 2 is 2.00 bits per heavy atom. The summed E-state index contributed by atoms with van der Waals surface area (Å²) in [5, 5.41) is 0. The van der Waals surface area contributed by atoms with Crippen molar-refractivity contribution < 1.29 is 0 Å². The fourth-order valence-corrected chi connectivity index (χ4v) is 1.25. The molecule has 0 aromatic heterocycles. The maximum Gasteiger partial charge on any atom is -0.00743 e. The minimum absolute atomic E-state index is 0.821. The summed E-state index contributed by atoms with van der Waals surface area (Å²) in [6.45, 7) is 5.30. The number of hydrogen-bond donors (Lipinski definition) is 1. The average Bonchev–Trinajstić information content (AvgIpc) is 2.11. The summed E-state index contributed by atoms with van der Waals surface area (Å²) in [6, 6.07) is 0. The second-order valence-electron chi connectivity index (χ2n) is 3.25. The average molecular weight is 169 g/mol. The first-order valence-electron chi connectivity index (χ1n) is 5.23. The normalized spacial score (nSPS) is 12.1. The first-order chi connectivity index (χ1) is 5.85. The summed E-state index contributed by atoms with van der Waals surface area (Å²) in [5.41, 5.74) is 7.04. The van der Waals surface area contributed by atoms with Crippen LogP contribution < -0.4 is 5.73 Å². The molecule has 0 saturated carbocycles. The van der Waals surface area contributed by atoms with E-state index in [1.807, 2.05) is 0 Å². The number of rotatable bonds is 7. The Kier molecular flexibility index (Phi) is 8.57. The van der Waals surface area contributed by atoms with Gasteiger partial charge in [0.25, 0.3) is 0 Å². The Morgan fingerprint density at radius 1 is 1.25 bits per heavy atom. The topological polar surface area (TPSA) is 26.0 Å². The second-order valence-corrected chi connectivity index (χ2v) is 3.25. The zero-order valence-corrected chi connectivity index (χ0v) is 8.60. The first-order valence-corrected chi connectivity index (χ1v) is 5.23. The summed E-state index contributed by atoms with van der Waals surface area (Å²) >= 11 is 0. The van der Waals surface area contributed by atoms with Crippen molar-refractivity contribution in [3.63, 3.8) is 0 Å². The van der Waals surface area contributed by atoms with Crippen molar-refractivity contribution >= 4 is 0 Å². The molecule has 0 aliphatic carbocycles. The highest BCUT2D eigenvalue weighted by Crippen LogP contribution is 2.12. The van der Waals surface area contributed by atoms with Crippen molar-refractivity contribution in [1.29, 1.82) is 0 Å². The molecule has 2 N–H and O–H groups in total. The highest BCUT2D eigenvalue weighted by atomic mass is 14.5. The van der Waals surface area contributed by atoms with Crippen molar-refractivity contribution in [2.24, 2.45) is 5.73 Å². The van der Waals surface area contributed by atoms with Gasteiger partial charge in [-0.25, -0.2) is 0 Å². The van der Waals surface area contributed by atoms with Crippen LogP contribution in [0, 0.1) is 0 Å². The lowest BCUT2D eigenvalue weighted by atomic mass is 10.0. The first kappa shape index (κ1) is 11.7. The van der Waals surface area contributed by atoms with Gasteiger partial charge in [-0.1, -0.05) is 31.9 Å². The van der Waals surface area contributed by atoms with Gasteiger partial charge in [0.1, 0.15) is 0 Å². The van der Waals surface area contributed by atoms with E-state index in [2.05, 4.69) is 19.9 Å². The third-order valence-corrected chi connectivity index (χ3v) is 2.15. The minimum Gasteiger partial charge on any atom is -0.330 e. The van der Waals surface area contributed by atoms with Gasteiger partial charge in [0.15, 0.2) is 0 Å². The van der Waals surface area contributed by atoms with Crippen LogP contribution in [0.15, 0.2) is 11.6 Å². The lowest BCUT2D eigenvalue weighted by Crippen LogP contribution is -1.96. The van der Waals surface area contributed by atoms with Gasteiger partial charge < -0.3 is 5.73 Å². The van der Waals surface area contributed by atoms with E-state index in [1.165, 1.54) is 32.1 Å². The molecule has 12 heavy (non-hydrogen) atoms. The molecule has 1 heteroatoms. The zero-order valence-electron chi connectivity index (χ0n) is 8.60. The van der Waals surface area contributed by atoms with Gasteiger partial charge in [0.2, 0.25) is 0 Å². The molecule has 0 aromatic carbocycles. The molecule has 0 heterocycles. The van der Waals surface area contributed by atoms with Crippen molar-refractivity contribution in [1.82, 2.24) is 0 Å². The maximum atomic E-state index is 5.43. The van der Waals surface area contributed by atoms with E-state index < -0.39 is 0 Å². The minimum atomic E-state index is 0.821. The molecule has 0 aliphatic rings. The molecule has 0 aromatic rings. The Labute approximate surface area is 77.0 Å². The molecule has 0 fully saturated rings. The molecule has 1 nitrogen and oxygen atoms in total. The molecule has 0 saturated heterocycles. The van der Waals surface area contributed by atoms with Crippen molar-refractivity contribution in [3.05, 3.63) is 11.6 Å². The van der Waals surface area contributed by atoms with Crippen LogP contribution in [0.5, 0.6) is 0 Å². The van der Waals surface area contributed by atoms with Gasteiger partial charge >= 0.3 is 0 Å². The van der Waals surface area contributed by atoms with Crippen molar-refractivity contribution in [2.45, 2.75) is 52.4 Å². The molecule has 0 rings (SSSR count). The monoisotopic (exact) mass is 169 g/mol. The van der Waals surface area contributed by atoms with Gasteiger partial charge in [-0.05, 0) is 38.6 Å². The maximum absolute atomic E-state index is 5.43. The fraction of sp³-hybridized carbons (Fsp3) is 0.818. The molecule has 72 valence electrons. The third-order valence-electron chi connectivity index (χ3n) is 2.15. The molecule has 0 spiro atoms. The standard InChI is InChI=1S/C11H23N/c1-3-5-8-11(4-2)9-6-7-10-12/h9H,3-8,10,12H2,1-2H3/b11-9-. The molecule has 0 radical (unpaired) electrons. The Hall–Kier alpha value is -0.300. The van der Waals surface area contributed by atoms with Crippen LogP contribution in [0.2, 0.25) is 0 Å². The lowest BCUT2D eigenvalue weighted by molar-refractivity contribution is 0.754. The number of unbranched alkanes of at least 4 members (excludes halogenated alkanes) is 2.